The minimum Gasteiger partial charge on any atom is -0.454 e. The van der Waals surface area contributed by atoms with Gasteiger partial charge in [0, 0.05) is 18.7 Å². The van der Waals surface area contributed by atoms with Gasteiger partial charge < -0.3 is 15.0 Å². The largest absolute Gasteiger partial charge is 0.454 e. The van der Waals surface area contributed by atoms with Crippen molar-refractivity contribution in [3.05, 3.63) is 69.2 Å². The molecule has 2 aliphatic rings. The van der Waals surface area contributed by atoms with E-state index in [-0.39, 0.29) is 24.1 Å². The van der Waals surface area contributed by atoms with Crippen molar-refractivity contribution in [2.75, 3.05) is 13.2 Å². The summed E-state index contributed by atoms with van der Waals surface area (Å²) in [4.78, 5) is 39.9. The predicted octanol–water partition coefficient (Wildman–Crippen LogP) is 4.95. The first-order valence-corrected chi connectivity index (χ1v) is 12.7. The molecule has 0 bridgehead atoms. The van der Waals surface area contributed by atoms with E-state index in [1.54, 1.807) is 18.2 Å². The number of fused-ring (bicyclic) bond motifs is 1. The molecule has 3 atom stereocenters. The van der Waals surface area contributed by atoms with E-state index in [1.165, 1.54) is 4.90 Å². The van der Waals surface area contributed by atoms with Gasteiger partial charge >= 0.3 is 5.97 Å². The summed E-state index contributed by atoms with van der Waals surface area (Å²) in [5.41, 5.74) is 0.482. The Morgan fingerprint density at radius 3 is 2.64 bits per heavy atom. The van der Waals surface area contributed by atoms with Crippen LogP contribution in [0, 0.1) is 17.6 Å². The number of benzene rings is 2. The van der Waals surface area contributed by atoms with Crippen LogP contribution >= 0.6 is 23.2 Å². The molecule has 1 N–H and O–H groups in total. The number of esters is 1. The molecule has 1 aliphatic carbocycles. The molecule has 1 saturated carbocycles. The van der Waals surface area contributed by atoms with Crippen LogP contribution in [0.15, 0.2) is 36.4 Å². The second kappa shape index (κ2) is 11.6. The first-order chi connectivity index (χ1) is 17.3. The number of likely N-dealkylation sites (tertiary alicyclic amines) is 1. The van der Waals surface area contributed by atoms with Crippen molar-refractivity contribution in [2.45, 2.75) is 50.6 Å². The molecule has 192 valence electrons. The summed E-state index contributed by atoms with van der Waals surface area (Å²) < 4.78 is 33.0. The Morgan fingerprint density at radius 2 is 1.86 bits per heavy atom. The van der Waals surface area contributed by atoms with Gasteiger partial charge in [-0.1, -0.05) is 48.2 Å². The highest BCUT2D eigenvalue weighted by molar-refractivity contribution is 6.42. The van der Waals surface area contributed by atoms with E-state index in [2.05, 4.69) is 5.32 Å². The van der Waals surface area contributed by atoms with Crippen molar-refractivity contribution < 1.29 is 27.9 Å². The van der Waals surface area contributed by atoms with E-state index in [9.17, 15) is 23.2 Å². The molecule has 1 aliphatic heterocycles. The monoisotopic (exact) mass is 538 g/mol. The van der Waals surface area contributed by atoms with E-state index in [0.29, 0.717) is 35.4 Å². The van der Waals surface area contributed by atoms with Gasteiger partial charge in [-0.15, -0.1) is 0 Å². The molecule has 36 heavy (non-hydrogen) atoms. The number of carbonyl (C=O) groups is 3. The fourth-order valence-corrected chi connectivity index (χ4v) is 5.54. The van der Waals surface area contributed by atoms with Crippen molar-refractivity contribution in [2.24, 2.45) is 5.92 Å². The van der Waals surface area contributed by atoms with Gasteiger partial charge in [0.25, 0.3) is 11.8 Å². The van der Waals surface area contributed by atoms with Gasteiger partial charge in [0.1, 0.15) is 17.7 Å². The third-order valence-electron chi connectivity index (χ3n) is 6.85. The quantitative estimate of drug-likeness (QED) is 0.506. The van der Waals surface area contributed by atoms with Gasteiger partial charge in [0.05, 0.1) is 15.6 Å². The SMILES string of the molecule is O=C(COC(=O)[C@@H]1C[C@@H]2CCCC[C@@H]2N1C(=O)c1ccc(F)cc1F)NCCc1cccc(Cl)c1Cl. The Bertz CT molecular complexity index is 1160. The Morgan fingerprint density at radius 1 is 1.08 bits per heavy atom. The lowest BCUT2D eigenvalue weighted by molar-refractivity contribution is -0.152. The average molecular weight is 539 g/mol. The number of amides is 2. The maximum atomic E-state index is 14.4. The minimum atomic E-state index is -0.981. The Kier molecular flexibility index (Phi) is 8.46. The first kappa shape index (κ1) is 26.4. The fraction of sp³-hybridized carbons (Fsp3) is 0.423. The van der Waals surface area contributed by atoms with Crippen LogP contribution in [0.25, 0.3) is 0 Å². The van der Waals surface area contributed by atoms with Crippen molar-refractivity contribution >= 4 is 41.0 Å². The third-order valence-corrected chi connectivity index (χ3v) is 7.71. The second-order valence-electron chi connectivity index (χ2n) is 9.12. The highest BCUT2D eigenvalue weighted by Crippen LogP contribution is 2.41. The zero-order chi connectivity index (χ0) is 25.8. The second-order valence-corrected chi connectivity index (χ2v) is 9.91. The predicted molar refractivity (Wildman–Crippen MR) is 131 cm³/mol. The number of hydrogen-bond acceptors (Lipinski definition) is 4. The van der Waals surface area contributed by atoms with Crippen LogP contribution in [0.1, 0.15) is 48.0 Å². The van der Waals surface area contributed by atoms with Crippen LogP contribution in [-0.4, -0.2) is 47.9 Å². The highest BCUT2D eigenvalue weighted by Gasteiger charge is 2.48. The number of hydrogen-bond donors (Lipinski definition) is 1. The van der Waals surface area contributed by atoms with Crippen LogP contribution in [0.2, 0.25) is 10.0 Å². The molecular formula is C26H26Cl2F2N2O4. The van der Waals surface area contributed by atoms with Gasteiger partial charge in [-0.05, 0) is 55.4 Å². The maximum absolute atomic E-state index is 14.4. The van der Waals surface area contributed by atoms with E-state index >= 15 is 0 Å². The standard InChI is InChI=1S/C26H26Cl2F2N2O4/c27-19-6-3-5-15(24(19)28)10-11-31-23(33)14-36-26(35)22-12-16-4-1-2-7-21(16)32(22)25(34)18-9-8-17(29)13-20(18)30/h3,5-6,8-9,13,16,21-22H,1-2,4,7,10-12,14H2,(H,31,33)/t16-,21-,22-/m0/s1. The van der Waals surface area contributed by atoms with Crippen LogP contribution in [0.4, 0.5) is 8.78 Å². The molecule has 0 aromatic heterocycles. The number of carbonyl (C=O) groups excluding carboxylic acids is 3. The van der Waals surface area contributed by atoms with Crippen LogP contribution in [-0.2, 0) is 20.7 Å². The first-order valence-electron chi connectivity index (χ1n) is 11.9. The fourth-order valence-electron chi connectivity index (χ4n) is 5.13. The smallest absolute Gasteiger partial charge is 0.329 e. The molecule has 2 fully saturated rings. The molecule has 0 radical (unpaired) electrons. The number of nitrogens with zero attached hydrogens (tertiary/aromatic N) is 1. The van der Waals surface area contributed by atoms with Gasteiger partial charge in [-0.2, -0.15) is 0 Å². The summed E-state index contributed by atoms with van der Waals surface area (Å²) in [6, 6.07) is 6.81. The lowest BCUT2D eigenvalue weighted by atomic mass is 9.84. The molecule has 6 nitrogen and oxygen atoms in total. The summed E-state index contributed by atoms with van der Waals surface area (Å²) in [7, 11) is 0. The summed E-state index contributed by atoms with van der Waals surface area (Å²) in [6.45, 7) is -0.251. The number of halogens is 4. The van der Waals surface area contributed by atoms with Crippen molar-refractivity contribution in [3.8, 4) is 0 Å². The number of ether oxygens (including phenoxy) is 1. The van der Waals surface area contributed by atoms with Crippen LogP contribution in [0.3, 0.4) is 0 Å². The van der Waals surface area contributed by atoms with E-state index in [0.717, 1.165) is 37.0 Å². The van der Waals surface area contributed by atoms with Crippen molar-refractivity contribution in [3.63, 3.8) is 0 Å². The molecule has 1 saturated heterocycles. The Hall–Kier alpha value is -2.71. The Labute approximate surface area is 217 Å². The van der Waals surface area contributed by atoms with Gasteiger partial charge in [0.15, 0.2) is 6.61 Å². The summed E-state index contributed by atoms with van der Waals surface area (Å²) >= 11 is 12.1. The number of nitrogens with one attached hydrogen (secondary N) is 1. The van der Waals surface area contributed by atoms with Gasteiger partial charge in [-0.25, -0.2) is 13.6 Å². The van der Waals surface area contributed by atoms with Gasteiger partial charge in [-0.3, -0.25) is 9.59 Å². The molecule has 1 heterocycles. The number of rotatable bonds is 7. The molecule has 4 rings (SSSR count). The van der Waals surface area contributed by atoms with E-state index in [1.807, 2.05) is 0 Å². The lowest BCUT2D eigenvalue weighted by Crippen LogP contribution is -2.47. The third kappa shape index (κ3) is 5.81. The lowest BCUT2D eigenvalue weighted by Gasteiger charge is -2.33. The van der Waals surface area contributed by atoms with E-state index in [4.69, 9.17) is 27.9 Å². The minimum absolute atomic E-state index is 0.0834. The normalized spacial score (nSPS) is 21.1. The zero-order valence-electron chi connectivity index (χ0n) is 19.4. The van der Waals surface area contributed by atoms with E-state index < -0.39 is 42.1 Å². The molecule has 2 amide bonds. The molecule has 2 aromatic rings. The molecule has 0 unspecified atom stereocenters. The zero-order valence-corrected chi connectivity index (χ0v) is 21.0. The maximum Gasteiger partial charge on any atom is 0.329 e. The summed E-state index contributed by atoms with van der Waals surface area (Å²) in [5, 5.41) is 3.51. The topological polar surface area (TPSA) is 75.7 Å². The summed E-state index contributed by atoms with van der Waals surface area (Å²) in [5.74, 6) is -3.58. The van der Waals surface area contributed by atoms with Gasteiger partial charge in [0.2, 0.25) is 0 Å². The van der Waals surface area contributed by atoms with Crippen molar-refractivity contribution in [1.29, 1.82) is 0 Å². The Balaban J connectivity index is 1.37. The average Bonchev–Trinajstić information content (AvgIpc) is 3.24. The molecular weight excluding hydrogens is 513 g/mol. The molecule has 2 aromatic carbocycles. The van der Waals surface area contributed by atoms with Crippen LogP contribution in [0.5, 0.6) is 0 Å². The molecule has 10 heteroatoms. The van der Waals surface area contributed by atoms with Crippen LogP contribution < -0.4 is 5.32 Å². The summed E-state index contributed by atoms with van der Waals surface area (Å²) in [6.07, 6.45) is 4.22. The molecule has 0 spiro atoms. The van der Waals surface area contributed by atoms with Crippen molar-refractivity contribution in [1.82, 2.24) is 10.2 Å². The highest BCUT2D eigenvalue weighted by atomic mass is 35.5.